The van der Waals surface area contributed by atoms with Crippen molar-refractivity contribution in [2.24, 2.45) is 18.4 Å². The van der Waals surface area contributed by atoms with E-state index in [1.807, 2.05) is 31.4 Å². The molecule has 1 aliphatic heterocycles. The lowest BCUT2D eigenvalue weighted by Crippen LogP contribution is -2.41. The predicted molar refractivity (Wildman–Crippen MR) is 135 cm³/mol. The van der Waals surface area contributed by atoms with Crippen molar-refractivity contribution < 1.29 is 9.53 Å². The summed E-state index contributed by atoms with van der Waals surface area (Å²) in [6, 6.07) is 10.2. The Morgan fingerprint density at radius 2 is 2.14 bits per heavy atom. The van der Waals surface area contributed by atoms with Crippen LogP contribution in [0.3, 0.4) is 0 Å². The normalized spacial score (nSPS) is 20.7. The number of imidazole rings is 1. The van der Waals surface area contributed by atoms with Crippen molar-refractivity contribution in [1.82, 2.24) is 29.7 Å². The summed E-state index contributed by atoms with van der Waals surface area (Å²) in [5, 5.41) is 7.82. The van der Waals surface area contributed by atoms with Crippen molar-refractivity contribution in [3.63, 3.8) is 0 Å². The van der Waals surface area contributed by atoms with Crippen molar-refractivity contribution in [3.8, 4) is 17.3 Å². The SMILES string of the molecule is COc1cc(C(=O)N[C@H]2CNCC23CC3)cc2nc(-c3cc4cccnc4n3CC3CC3)n(C)c12. The molecule has 0 unspecified atom stereocenters. The van der Waals surface area contributed by atoms with Gasteiger partial charge in [-0.05, 0) is 61.9 Å². The van der Waals surface area contributed by atoms with Gasteiger partial charge in [0.05, 0.1) is 18.3 Å². The van der Waals surface area contributed by atoms with E-state index in [2.05, 4.69) is 36.9 Å². The number of pyridine rings is 1. The van der Waals surface area contributed by atoms with Gasteiger partial charge in [-0.1, -0.05) is 0 Å². The maximum Gasteiger partial charge on any atom is 0.251 e. The Hall–Kier alpha value is -3.39. The maximum atomic E-state index is 13.2. The summed E-state index contributed by atoms with van der Waals surface area (Å²) in [5.41, 5.74) is 4.52. The molecule has 3 aliphatic rings. The van der Waals surface area contributed by atoms with Gasteiger partial charge in [0.2, 0.25) is 0 Å². The zero-order chi connectivity index (χ0) is 23.7. The Balaban J connectivity index is 1.31. The van der Waals surface area contributed by atoms with Gasteiger partial charge in [0.25, 0.3) is 5.91 Å². The summed E-state index contributed by atoms with van der Waals surface area (Å²) in [6.45, 7) is 2.77. The molecule has 4 heterocycles. The number of carbonyl (C=O) groups excluding carboxylic acids is 1. The first kappa shape index (κ1) is 20.9. The van der Waals surface area contributed by atoms with Crippen LogP contribution < -0.4 is 15.4 Å². The number of nitrogens with one attached hydrogen (secondary N) is 2. The molecule has 1 atom stereocenters. The number of amides is 1. The number of aryl methyl sites for hydroxylation is 1. The molecule has 3 fully saturated rings. The molecule has 7 rings (SSSR count). The average Bonchev–Trinajstić information content (AvgIpc) is 3.74. The van der Waals surface area contributed by atoms with E-state index in [4.69, 9.17) is 9.72 Å². The molecular formula is C27H30N6O2. The third kappa shape index (κ3) is 3.34. The number of benzene rings is 1. The first-order valence-corrected chi connectivity index (χ1v) is 12.6. The van der Waals surface area contributed by atoms with Gasteiger partial charge in [0, 0.05) is 55.3 Å². The smallest absolute Gasteiger partial charge is 0.251 e. The average molecular weight is 471 g/mol. The van der Waals surface area contributed by atoms with Crippen molar-refractivity contribution in [2.45, 2.75) is 38.3 Å². The van der Waals surface area contributed by atoms with Crippen molar-refractivity contribution in [2.75, 3.05) is 20.2 Å². The first-order valence-electron chi connectivity index (χ1n) is 12.6. The number of aromatic nitrogens is 4. The number of methoxy groups -OCH3 is 1. The summed E-state index contributed by atoms with van der Waals surface area (Å²) in [6.07, 6.45) is 6.74. The van der Waals surface area contributed by atoms with Crippen LogP contribution in [0.15, 0.2) is 36.5 Å². The molecule has 35 heavy (non-hydrogen) atoms. The van der Waals surface area contributed by atoms with Crippen LogP contribution in [0.5, 0.6) is 5.75 Å². The lowest BCUT2D eigenvalue weighted by atomic mass is 10.0. The van der Waals surface area contributed by atoms with Crippen LogP contribution in [-0.4, -0.2) is 51.3 Å². The topological polar surface area (TPSA) is 86.0 Å². The van der Waals surface area contributed by atoms with Gasteiger partial charge in [-0.2, -0.15) is 0 Å². The quantitative estimate of drug-likeness (QED) is 0.451. The number of fused-ring (bicyclic) bond motifs is 2. The van der Waals surface area contributed by atoms with E-state index in [-0.39, 0.29) is 17.4 Å². The van der Waals surface area contributed by atoms with Crippen LogP contribution in [-0.2, 0) is 13.6 Å². The molecule has 1 spiro atoms. The van der Waals surface area contributed by atoms with E-state index in [0.717, 1.165) is 53.2 Å². The number of nitrogens with zero attached hydrogens (tertiary/aromatic N) is 4. The van der Waals surface area contributed by atoms with Gasteiger partial charge in [-0.3, -0.25) is 4.79 Å². The fourth-order valence-electron chi connectivity index (χ4n) is 5.78. The van der Waals surface area contributed by atoms with Crippen molar-refractivity contribution in [3.05, 3.63) is 42.1 Å². The fraction of sp³-hybridized carbons (Fsp3) is 0.444. The van der Waals surface area contributed by atoms with E-state index >= 15 is 0 Å². The molecule has 0 radical (unpaired) electrons. The number of ether oxygens (including phenoxy) is 1. The molecule has 1 saturated heterocycles. The Morgan fingerprint density at radius 3 is 2.91 bits per heavy atom. The van der Waals surface area contributed by atoms with E-state index in [1.54, 1.807) is 7.11 Å². The molecule has 2 saturated carbocycles. The minimum absolute atomic E-state index is 0.0653. The molecular weight excluding hydrogens is 440 g/mol. The molecule has 180 valence electrons. The molecule has 1 amide bonds. The highest BCUT2D eigenvalue weighted by molar-refractivity contribution is 6.00. The lowest BCUT2D eigenvalue weighted by molar-refractivity contribution is 0.0928. The van der Waals surface area contributed by atoms with Gasteiger partial charge < -0.3 is 24.5 Å². The molecule has 8 nitrogen and oxygen atoms in total. The molecule has 4 aromatic rings. The minimum Gasteiger partial charge on any atom is -0.494 e. The monoisotopic (exact) mass is 470 g/mol. The number of carbonyl (C=O) groups is 1. The third-order valence-electron chi connectivity index (χ3n) is 8.20. The van der Waals surface area contributed by atoms with Crippen LogP contribution >= 0.6 is 0 Å². The third-order valence-corrected chi connectivity index (χ3v) is 8.20. The predicted octanol–water partition coefficient (Wildman–Crippen LogP) is 3.49. The fourth-order valence-corrected chi connectivity index (χ4v) is 5.78. The highest BCUT2D eigenvalue weighted by atomic mass is 16.5. The molecule has 0 bridgehead atoms. The van der Waals surface area contributed by atoms with Gasteiger partial charge in [-0.25, -0.2) is 9.97 Å². The van der Waals surface area contributed by atoms with Crippen LogP contribution in [0.1, 0.15) is 36.0 Å². The molecule has 3 aromatic heterocycles. The zero-order valence-electron chi connectivity index (χ0n) is 20.2. The second-order valence-corrected chi connectivity index (χ2v) is 10.6. The number of rotatable bonds is 6. The van der Waals surface area contributed by atoms with Gasteiger partial charge in [0.1, 0.15) is 16.9 Å². The Bertz CT molecular complexity index is 1480. The van der Waals surface area contributed by atoms with E-state index in [0.29, 0.717) is 17.2 Å². The van der Waals surface area contributed by atoms with Crippen molar-refractivity contribution >= 4 is 28.0 Å². The largest absolute Gasteiger partial charge is 0.494 e. The van der Waals surface area contributed by atoms with Gasteiger partial charge >= 0.3 is 0 Å². The van der Waals surface area contributed by atoms with Crippen LogP contribution in [0.25, 0.3) is 33.6 Å². The van der Waals surface area contributed by atoms with Gasteiger partial charge in [0.15, 0.2) is 5.82 Å². The molecule has 1 aromatic carbocycles. The molecule has 2 N–H and O–H groups in total. The molecule has 8 heteroatoms. The Kier molecular flexibility index (Phi) is 4.52. The molecule has 2 aliphatic carbocycles. The zero-order valence-corrected chi connectivity index (χ0v) is 20.2. The first-order chi connectivity index (χ1) is 17.1. The second kappa shape index (κ2) is 7.55. The second-order valence-electron chi connectivity index (χ2n) is 10.6. The van der Waals surface area contributed by atoms with Crippen LogP contribution in [0.4, 0.5) is 0 Å². The number of hydrogen-bond donors (Lipinski definition) is 2. The highest BCUT2D eigenvalue weighted by Gasteiger charge is 2.52. The standard InChI is InChI=1S/C27H30N6O2/c1-32-23-19(10-18(12-21(23)35-2)26(34)31-22-13-28-15-27(22)7-8-27)30-25(32)20-11-17-4-3-9-29-24(17)33(20)14-16-5-6-16/h3-4,9-12,16,22,28H,5-8,13-15H2,1-2H3,(H,31,34)/t22-/m0/s1. The Labute approximate surface area is 203 Å². The summed E-state index contributed by atoms with van der Waals surface area (Å²) in [5.74, 6) is 2.14. The maximum absolute atomic E-state index is 13.2. The van der Waals surface area contributed by atoms with E-state index in [1.165, 1.54) is 25.7 Å². The highest BCUT2D eigenvalue weighted by Crippen LogP contribution is 2.50. The van der Waals surface area contributed by atoms with E-state index in [9.17, 15) is 4.79 Å². The lowest BCUT2D eigenvalue weighted by Gasteiger charge is -2.19. The number of hydrogen-bond acceptors (Lipinski definition) is 5. The van der Waals surface area contributed by atoms with Crippen LogP contribution in [0, 0.1) is 11.3 Å². The minimum atomic E-state index is -0.0653. The summed E-state index contributed by atoms with van der Waals surface area (Å²) in [4.78, 5) is 23.0. The van der Waals surface area contributed by atoms with Crippen molar-refractivity contribution in [1.29, 1.82) is 0 Å². The van der Waals surface area contributed by atoms with Gasteiger partial charge in [-0.15, -0.1) is 0 Å². The summed E-state index contributed by atoms with van der Waals surface area (Å²) < 4.78 is 10.1. The summed E-state index contributed by atoms with van der Waals surface area (Å²) >= 11 is 0. The Morgan fingerprint density at radius 1 is 1.29 bits per heavy atom. The summed E-state index contributed by atoms with van der Waals surface area (Å²) in [7, 11) is 3.66. The van der Waals surface area contributed by atoms with Crippen LogP contribution in [0.2, 0.25) is 0 Å². The van der Waals surface area contributed by atoms with E-state index < -0.39 is 0 Å².